The lowest BCUT2D eigenvalue weighted by Crippen LogP contribution is -1.91. The van der Waals surface area contributed by atoms with E-state index < -0.39 is 0 Å². The Morgan fingerprint density at radius 3 is 3.00 bits per heavy atom. The summed E-state index contributed by atoms with van der Waals surface area (Å²) >= 11 is 5.78. The average molecular weight is 195 g/mol. The zero-order valence-electron chi connectivity index (χ0n) is 6.79. The Kier molecular flexibility index (Phi) is 1.35. The minimum atomic E-state index is 0.304. The van der Waals surface area contributed by atoms with Gasteiger partial charge < -0.3 is 0 Å². The van der Waals surface area contributed by atoms with Crippen molar-refractivity contribution in [3.63, 3.8) is 0 Å². The van der Waals surface area contributed by atoms with Crippen LogP contribution in [0.1, 0.15) is 24.5 Å². The molecule has 0 unspecified atom stereocenters. The maximum absolute atomic E-state index is 5.78. The summed E-state index contributed by atoms with van der Waals surface area (Å²) in [6.45, 7) is 0. The van der Waals surface area contributed by atoms with Crippen LogP contribution in [0.5, 0.6) is 0 Å². The monoisotopic (exact) mass is 194 g/mol. The molecular formula is C8H7ClN4. The number of fused-ring (bicyclic) bond motifs is 1. The quantitative estimate of drug-likeness (QED) is 0.706. The summed E-state index contributed by atoms with van der Waals surface area (Å²) in [4.78, 5) is 8.27. The molecule has 0 atom stereocenters. The third-order valence-electron chi connectivity index (χ3n) is 2.28. The normalized spacial score (nSPS) is 16.7. The third kappa shape index (κ3) is 1.09. The van der Waals surface area contributed by atoms with Crippen LogP contribution in [0.2, 0.25) is 5.28 Å². The van der Waals surface area contributed by atoms with E-state index in [1.165, 1.54) is 12.8 Å². The van der Waals surface area contributed by atoms with Crippen LogP contribution in [0.15, 0.2) is 6.20 Å². The number of nitrogens with zero attached hydrogens (tertiary/aromatic N) is 3. The Hall–Kier alpha value is -1.16. The van der Waals surface area contributed by atoms with Gasteiger partial charge in [-0.05, 0) is 24.4 Å². The second-order valence-corrected chi connectivity index (χ2v) is 3.62. The van der Waals surface area contributed by atoms with E-state index in [0.717, 1.165) is 16.7 Å². The topological polar surface area (TPSA) is 54.5 Å². The van der Waals surface area contributed by atoms with Crippen molar-refractivity contribution >= 4 is 22.6 Å². The lowest BCUT2D eigenvalue weighted by atomic mass is 10.2. The van der Waals surface area contributed by atoms with E-state index in [9.17, 15) is 0 Å². The van der Waals surface area contributed by atoms with Gasteiger partial charge in [0.2, 0.25) is 5.28 Å². The number of aromatic nitrogens is 4. The standard InChI is InChI=1S/C8H7ClN4/c9-8-11-6(4-1-2-4)5-3-10-13-7(5)12-8/h3-4H,1-2H2,(H,10,11,12,13). The van der Waals surface area contributed by atoms with E-state index in [4.69, 9.17) is 11.6 Å². The lowest BCUT2D eigenvalue weighted by Gasteiger charge is -1.98. The van der Waals surface area contributed by atoms with Crippen LogP contribution in [0.25, 0.3) is 11.0 Å². The minimum Gasteiger partial charge on any atom is -0.261 e. The van der Waals surface area contributed by atoms with Crippen LogP contribution in [-0.4, -0.2) is 20.2 Å². The summed E-state index contributed by atoms with van der Waals surface area (Å²) in [6, 6.07) is 0. The molecule has 1 aliphatic carbocycles. The fourth-order valence-electron chi connectivity index (χ4n) is 1.50. The van der Waals surface area contributed by atoms with Crippen molar-refractivity contribution in [2.75, 3.05) is 0 Å². The number of H-pyrrole nitrogens is 1. The first-order valence-electron chi connectivity index (χ1n) is 4.21. The number of halogens is 1. The van der Waals surface area contributed by atoms with Gasteiger partial charge in [0, 0.05) is 5.92 Å². The van der Waals surface area contributed by atoms with Crippen molar-refractivity contribution in [2.45, 2.75) is 18.8 Å². The highest BCUT2D eigenvalue weighted by molar-refractivity contribution is 6.28. The van der Waals surface area contributed by atoms with Crippen LogP contribution in [0.4, 0.5) is 0 Å². The van der Waals surface area contributed by atoms with E-state index in [1.807, 2.05) is 0 Å². The first kappa shape index (κ1) is 7.26. The first-order valence-corrected chi connectivity index (χ1v) is 4.59. The molecule has 1 saturated carbocycles. The number of hydrogen-bond donors (Lipinski definition) is 1. The molecule has 2 heterocycles. The summed E-state index contributed by atoms with van der Waals surface area (Å²) in [5.41, 5.74) is 1.78. The van der Waals surface area contributed by atoms with E-state index in [1.54, 1.807) is 6.20 Å². The van der Waals surface area contributed by atoms with Crippen molar-refractivity contribution in [1.29, 1.82) is 0 Å². The summed E-state index contributed by atoms with van der Waals surface area (Å²) in [6.07, 6.45) is 4.17. The number of nitrogens with one attached hydrogen (secondary N) is 1. The Labute approximate surface area is 79.3 Å². The van der Waals surface area contributed by atoms with Gasteiger partial charge in [-0.2, -0.15) is 10.1 Å². The number of hydrogen-bond acceptors (Lipinski definition) is 3. The summed E-state index contributed by atoms with van der Waals surface area (Å²) in [5.74, 6) is 0.570. The molecule has 1 fully saturated rings. The lowest BCUT2D eigenvalue weighted by molar-refractivity contribution is 1.01. The van der Waals surface area contributed by atoms with Crippen LogP contribution in [0, 0.1) is 0 Å². The average Bonchev–Trinajstić information content (AvgIpc) is 2.84. The summed E-state index contributed by atoms with van der Waals surface area (Å²) in [5, 5.41) is 8.04. The van der Waals surface area contributed by atoms with Crippen molar-refractivity contribution in [1.82, 2.24) is 20.2 Å². The molecule has 0 aliphatic heterocycles. The highest BCUT2D eigenvalue weighted by atomic mass is 35.5. The van der Waals surface area contributed by atoms with Crippen molar-refractivity contribution in [2.24, 2.45) is 0 Å². The zero-order valence-corrected chi connectivity index (χ0v) is 7.54. The predicted octanol–water partition coefficient (Wildman–Crippen LogP) is 1.88. The van der Waals surface area contributed by atoms with Gasteiger partial charge in [0.1, 0.15) is 0 Å². The van der Waals surface area contributed by atoms with Crippen LogP contribution in [-0.2, 0) is 0 Å². The van der Waals surface area contributed by atoms with Gasteiger partial charge in [0.25, 0.3) is 0 Å². The minimum absolute atomic E-state index is 0.304. The molecule has 1 aliphatic rings. The van der Waals surface area contributed by atoms with Gasteiger partial charge in [-0.25, -0.2) is 4.98 Å². The molecule has 66 valence electrons. The first-order chi connectivity index (χ1) is 6.34. The second kappa shape index (κ2) is 2.42. The van der Waals surface area contributed by atoms with Gasteiger partial charge in [-0.3, -0.25) is 5.10 Å². The maximum atomic E-state index is 5.78. The Morgan fingerprint density at radius 2 is 2.23 bits per heavy atom. The molecule has 0 amide bonds. The zero-order chi connectivity index (χ0) is 8.84. The molecule has 1 N–H and O–H groups in total. The molecule has 0 spiro atoms. The highest BCUT2D eigenvalue weighted by Crippen LogP contribution is 2.41. The predicted molar refractivity (Wildman–Crippen MR) is 48.7 cm³/mol. The molecule has 0 saturated heterocycles. The molecule has 0 aromatic carbocycles. The maximum Gasteiger partial charge on any atom is 0.224 e. The van der Waals surface area contributed by atoms with Gasteiger partial charge >= 0.3 is 0 Å². The van der Waals surface area contributed by atoms with E-state index in [2.05, 4.69) is 20.2 Å². The molecule has 2 aromatic rings. The molecule has 3 rings (SSSR count). The molecule has 0 bridgehead atoms. The van der Waals surface area contributed by atoms with Crippen molar-refractivity contribution in [3.05, 3.63) is 17.2 Å². The second-order valence-electron chi connectivity index (χ2n) is 3.28. The Morgan fingerprint density at radius 1 is 1.38 bits per heavy atom. The van der Waals surface area contributed by atoms with Crippen LogP contribution < -0.4 is 0 Å². The SMILES string of the molecule is Clc1nc(C2CC2)c2cn[nH]c2n1. The largest absolute Gasteiger partial charge is 0.261 e. The number of rotatable bonds is 1. The fourth-order valence-corrected chi connectivity index (χ4v) is 1.67. The van der Waals surface area contributed by atoms with Gasteiger partial charge in [-0.15, -0.1) is 0 Å². The van der Waals surface area contributed by atoms with Gasteiger partial charge in [-0.1, -0.05) is 0 Å². The third-order valence-corrected chi connectivity index (χ3v) is 2.45. The fraction of sp³-hybridized carbons (Fsp3) is 0.375. The van der Waals surface area contributed by atoms with Crippen molar-refractivity contribution in [3.8, 4) is 0 Å². The van der Waals surface area contributed by atoms with Crippen LogP contribution in [0.3, 0.4) is 0 Å². The molecule has 5 heteroatoms. The summed E-state index contributed by atoms with van der Waals surface area (Å²) in [7, 11) is 0. The molecule has 0 radical (unpaired) electrons. The van der Waals surface area contributed by atoms with Gasteiger partial charge in [0.15, 0.2) is 5.65 Å². The van der Waals surface area contributed by atoms with Crippen LogP contribution >= 0.6 is 11.6 Å². The smallest absolute Gasteiger partial charge is 0.224 e. The summed E-state index contributed by atoms with van der Waals surface area (Å²) < 4.78 is 0. The Bertz CT molecular complexity index is 460. The van der Waals surface area contributed by atoms with E-state index in [-0.39, 0.29) is 0 Å². The van der Waals surface area contributed by atoms with E-state index in [0.29, 0.717) is 11.2 Å². The number of aromatic amines is 1. The highest BCUT2D eigenvalue weighted by Gasteiger charge is 2.28. The Balaban J connectivity index is 2.33. The molecular weight excluding hydrogens is 188 g/mol. The van der Waals surface area contributed by atoms with E-state index >= 15 is 0 Å². The molecule has 13 heavy (non-hydrogen) atoms. The molecule has 4 nitrogen and oxygen atoms in total. The van der Waals surface area contributed by atoms with Crippen molar-refractivity contribution < 1.29 is 0 Å². The van der Waals surface area contributed by atoms with Gasteiger partial charge in [0.05, 0.1) is 17.3 Å². The molecule has 2 aromatic heterocycles.